The lowest BCUT2D eigenvalue weighted by molar-refractivity contribution is 0.0696. The first kappa shape index (κ1) is 14.8. The fourth-order valence-corrected chi connectivity index (χ4v) is 2.09. The van der Waals surface area contributed by atoms with Crippen LogP contribution in [0.3, 0.4) is 0 Å². The maximum atomic E-state index is 12.0. The van der Waals surface area contributed by atoms with Gasteiger partial charge < -0.3 is 10.4 Å². The molecule has 2 rings (SSSR count). The van der Waals surface area contributed by atoms with Crippen molar-refractivity contribution in [1.29, 1.82) is 0 Å². The molecule has 0 saturated heterocycles. The first-order valence-electron chi connectivity index (χ1n) is 6.58. The summed E-state index contributed by atoms with van der Waals surface area (Å²) in [6, 6.07) is 8.42. The lowest BCUT2D eigenvalue weighted by Crippen LogP contribution is -2.27. The Hall–Kier alpha value is -2.63. The van der Waals surface area contributed by atoms with Gasteiger partial charge in [0.05, 0.1) is 11.3 Å². The SMILES string of the molecule is Cc1cc(C(=O)NCCc2cccc(C(=O)O)c2)n(C)n1. The third-order valence-electron chi connectivity index (χ3n) is 3.11. The van der Waals surface area contributed by atoms with Gasteiger partial charge in [-0.05, 0) is 37.1 Å². The van der Waals surface area contributed by atoms with Crippen LogP contribution in [-0.4, -0.2) is 33.3 Å². The van der Waals surface area contributed by atoms with Crippen molar-refractivity contribution in [3.63, 3.8) is 0 Å². The molecule has 0 saturated carbocycles. The van der Waals surface area contributed by atoms with Gasteiger partial charge in [0.15, 0.2) is 0 Å². The smallest absolute Gasteiger partial charge is 0.335 e. The summed E-state index contributed by atoms with van der Waals surface area (Å²) in [5.41, 5.74) is 2.42. The monoisotopic (exact) mass is 287 g/mol. The maximum Gasteiger partial charge on any atom is 0.335 e. The van der Waals surface area contributed by atoms with Gasteiger partial charge in [-0.3, -0.25) is 9.48 Å². The van der Waals surface area contributed by atoms with Gasteiger partial charge in [-0.2, -0.15) is 5.10 Å². The quantitative estimate of drug-likeness (QED) is 0.870. The first-order chi connectivity index (χ1) is 9.97. The maximum absolute atomic E-state index is 12.0. The molecule has 0 aliphatic heterocycles. The van der Waals surface area contributed by atoms with Crippen LogP contribution in [0, 0.1) is 6.92 Å². The number of hydrogen-bond donors (Lipinski definition) is 2. The Labute approximate surface area is 122 Å². The molecule has 0 spiro atoms. The minimum absolute atomic E-state index is 0.188. The highest BCUT2D eigenvalue weighted by atomic mass is 16.4. The Morgan fingerprint density at radius 1 is 1.33 bits per heavy atom. The zero-order valence-corrected chi connectivity index (χ0v) is 12.0. The third kappa shape index (κ3) is 3.68. The van der Waals surface area contributed by atoms with Gasteiger partial charge in [0, 0.05) is 13.6 Å². The second-order valence-electron chi connectivity index (χ2n) is 4.81. The van der Waals surface area contributed by atoms with Crippen LogP contribution in [0.2, 0.25) is 0 Å². The number of benzene rings is 1. The summed E-state index contributed by atoms with van der Waals surface area (Å²) in [7, 11) is 1.72. The highest BCUT2D eigenvalue weighted by Gasteiger charge is 2.11. The van der Waals surface area contributed by atoms with Crippen LogP contribution in [0.25, 0.3) is 0 Å². The van der Waals surface area contributed by atoms with E-state index in [-0.39, 0.29) is 11.5 Å². The minimum Gasteiger partial charge on any atom is -0.478 e. The van der Waals surface area contributed by atoms with Crippen molar-refractivity contribution in [3.05, 3.63) is 52.8 Å². The topological polar surface area (TPSA) is 84.2 Å². The van der Waals surface area contributed by atoms with Crippen LogP contribution < -0.4 is 5.32 Å². The van der Waals surface area contributed by atoms with Gasteiger partial charge in [0.1, 0.15) is 5.69 Å². The number of nitrogens with zero attached hydrogens (tertiary/aromatic N) is 2. The van der Waals surface area contributed by atoms with E-state index < -0.39 is 5.97 Å². The molecule has 0 radical (unpaired) electrons. The molecule has 1 heterocycles. The fraction of sp³-hybridized carbons (Fsp3) is 0.267. The lowest BCUT2D eigenvalue weighted by Gasteiger charge is -2.06. The average Bonchev–Trinajstić information content (AvgIpc) is 2.78. The Bertz CT molecular complexity index is 677. The summed E-state index contributed by atoms with van der Waals surface area (Å²) in [5.74, 6) is -1.14. The number of carboxylic acids is 1. The van der Waals surface area contributed by atoms with Gasteiger partial charge in [-0.15, -0.1) is 0 Å². The predicted octanol–water partition coefficient (Wildman–Crippen LogP) is 1.40. The van der Waals surface area contributed by atoms with Crippen LogP contribution in [-0.2, 0) is 13.5 Å². The van der Waals surface area contributed by atoms with Crippen molar-refractivity contribution in [1.82, 2.24) is 15.1 Å². The number of carbonyl (C=O) groups excluding carboxylic acids is 1. The minimum atomic E-state index is -0.953. The molecule has 2 aromatic rings. The van der Waals surface area contributed by atoms with Gasteiger partial charge in [-0.1, -0.05) is 12.1 Å². The average molecular weight is 287 g/mol. The van der Waals surface area contributed by atoms with Gasteiger partial charge in [-0.25, -0.2) is 4.79 Å². The van der Waals surface area contributed by atoms with Crippen molar-refractivity contribution in [2.75, 3.05) is 6.54 Å². The Kier molecular flexibility index (Phi) is 4.37. The number of rotatable bonds is 5. The third-order valence-corrected chi connectivity index (χ3v) is 3.11. The summed E-state index contributed by atoms with van der Waals surface area (Å²) in [6.45, 7) is 2.26. The molecule has 0 fully saturated rings. The van der Waals surface area contributed by atoms with E-state index in [0.717, 1.165) is 11.3 Å². The molecule has 0 atom stereocenters. The molecular formula is C15H17N3O3. The molecule has 1 aromatic heterocycles. The molecular weight excluding hydrogens is 270 g/mol. The molecule has 0 aliphatic carbocycles. The molecule has 2 N–H and O–H groups in total. The second-order valence-corrected chi connectivity index (χ2v) is 4.81. The van der Waals surface area contributed by atoms with E-state index in [4.69, 9.17) is 5.11 Å². The Morgan fingerprint density at radius 3 is 2.71 bits per heavy atom. The molecule has 1 amide bonds. The number of aromatic carboxylic acids is 1. The zero-order chi connectivity index (χ0) is 15.4. The van der Waals surface area contributed by atoms with E-state index in [0.29, 0.717) is 18.7 Å². The van der Waals surface area contributed by atoms with Crippen LogP contribution in [0.5, 0.6) is 0 Å². The molecule has 0 bridgehead atoms. The fourth-order valence-electron chi connectivity index (χ4n) is 2.09. The number of aromatic nitrogens is 2. The number of nitrogens with one attached hydrogen (secondary N) is 1. The second kappa shape index (κ2) is 6.21. The summed E-state index contributed by atoms with van der Waals surface area (Å²) >= 11 is 0. The van der Waals surface area contributed by atoms with Crippen molar-refractivity contribution < 1.29 is 14.7 Å². The van der Waals surface area contributed by atoms with Crippen LogP contribution in [0.4, 0.5) is 0 Å². The Morgan fingerprint density at radius 2 is 2.10 bits per heavy atom. The van der Waals surface area contributed by atoms with Crippen LogP contribution in [0.15, 0.2) is 30.3 Å². The lowest BCUT2D eigenvalue weighted by atomic mass is 10.1. The van der Waals surface area contributed by atoms with E-state index in [9.17, 15) is 9.59 Å². The van der Waals surface area contributed by atoms with Crippen molar-refractivity contribution in [2.24, 2.45) is 7.05 Å². The molecule has 110 valence electrons. The van der Waals surface area contributed by atoms with E-state index in [2.05, 4.69) is 10.4 Å². The van der Waals surface area contributed by atoms with Gasteiger partial charge >= 0.3 is 5.97 Å². The number of aryl methyl sites for hydroxylation is 2. The normalized spacial score (nSPS) is 10.4. The molecule has 0 aliphatic rings. The largest absolute Gasteiger partial charge is 0.478 e. The standard InChI is InChI=1S/C15H17N3O3/c1-10-8-13(18(2)17-10)14(19)16-7-6-11-4-3-5-12(9-11)15(20)21/h3-5,8-9H,6-7H2,1-2H3,(H,16,19)(H,20,21). The van der Waals surface area contributed by atoms with E-state index in [1.807, 2.05) is 13.0 Å². The highest BCUT2D eigenvalue weighted by molar-refractivity contribution is 5.92. The van der Waals surface area contributed by atoms with E-state index in [1.54, 1.807) is 31.3 Å². The molecule has 0 unspecified atom stereocenters. The first-order valence-corrected chi connectivity index (χ1v) is 6.58. The number of hydrogen-bond acceptors (Lipinski definition) is 3. The number of carbonyl (C=O) groups is 2. The number of amides is 1. The summed E-state index contributed by atoms with van der Waals surface area (Å²) in [5, 5.41) is 15.8. The van der Waals surface area contributed by atoms with Gasteiger partial charge in [0.2, 0.25) is 0 Å². The van der Waals surface area contributed by atoms with E-state index in [1.165, 1.54) is 4.68 Å². The molecule has 1 aromatic carbocycles. The number of carboxylic acid groups (broad SMARTS) is 1. The van der Waals surface area contributed by atoms with Crippen LogP contribution in [0.1, 0.15) is 32.1 Å². The Balaban J connectivity index is 1.92. The summed E-state index contributed by atoms with van der Waals surface area (Å²) in [6.07, 6.45) is 0.573. The van der Waals surface area contributed by atoms with Crippen molar-refractivity contribution >= 4 is 11.9 Å². The summed E-state index contributed by atoms with van der Waals surface area (Å²) in [4.78, 5) is 22.9. The van der Waals surface area contributed by atoms with Crippen LogP contribution >= 0.6 is 0 Å². The van der Waals surface area contributed by atoms with Crippen molar-refractivity contribution in [3.8, 4) is 0 Å². The molecule has 21 heavy (non-hydrogen) atoms. The molecule has 6 heteroatoms. The highest BCUT2D eigenvalue weighted by Crippen LogP contribution is 2.06. The zero-order valence-electron chi connectivity index (χ0n) is 12.0. The van der Waals surface area contributed by atoms with Crippen molar-refractivity contribution in [2.45, 2.75) is 13.3 Å². The van der Waals surface area contributed by atoms with E-state index >= 15 is 0 Å². The van der Waals surface area contributed by atoms with Gasteiger partial charge in [0.25, 0.3) is 5.91 Å². The predicted molar refractivity (Wildman–Crippen MR) is 77.4 cm³/mol. The molecule has 6 nitrogen and oxygen atoms in total. The summed E-state index contributed by atoms with van der Waals surface area (Å²) < 4.78 is 1.54.